The van der Waals surface area contributed by atoms with Crippen LogP contribution in [0.25, 0.3) is 0 Å². The highest BCUT2D eigenvalue weighted by Crippen LogP contribution is 2.35. The molecule has 0 saturated carbocycles. The van der Waals surface area contributed by atoms with Crippen molar-refractivity contribution in [2.45, 2.75) is 26.1 Å². The topological polar surface area (TPSA) is 20.2 Å². The van der Waals surface area contributed by atoms with Gasteiger partial charge in [0.25, 0.3) is 0 Å². The molecule has 112 valence electrons. The second kappa shape index (κ2) is 5.81. The molecular weight excluding hydrogens is 345 g/mol. The standard InChI is InChI=1S/C16H14BrF3O/c1-9-3-4-11(7-10(9)2)15(21)13-8-12(16(18,19)20)5-6-14(13)17/h3-8,15,21H,1-2H3. The molecule has 5 heteroatoms. The predicted octanol–water partition coefficient (Wildman–Crippen LogP) is 5.17. The van der Waals surface area contributed by atoms with Crippen molar-refractivity contribution in [2.75, 3.05) is 0 Å². The quantitative estimate of drug-likeness (QED) is 0.785. The zero-order valence-electron chi connectivity index (χ0n) is 11.5. The van der Waals surface area contributed by atoms with Crippen LogP contribution in [-0.2, 0) is 6.18 Å². The van der Waals surface area contributed by atoms with Gasteiger partial charge >= 0.3 is 6.18 Å². The third-order valence-electron chi connectivity index (χ3n) is 3.46. The van der Waals surface area contributed by atoms with E-state index in [1.54, 1.807) is 12.1 Å². The average Bonchev–Trinajstić information content (AvgIpc) is 2.40. The van der Waals surface area contributed by atoms with Crippen LogP contribution in [0.1, 0.15) is 33.9 Å². The third-order valence-corrected chi connectivity index (χ3v) is 4.19. The van der Waals surface area contributed by atoms with Crippen molar-refractivity contribution in [1.29, 1.82) is 0 Å². The van der Waals surface area contributed by atoms with E-state index in [-0.39, 0.29) is 5.56 Å². The minimum atomic E-state index is -4.43. The molecule has 0 fully saturated rings. The lowest BCUT2D eigenvalue weighted by molar-refractivity contribution is -0.137. The summed E-state index contributed by atoms with van der Waals surface area (Å²) in [5, 5.41) is 10.4. The Bertz CT molecular complexity index is 665. The van der Waals surface area contributed by atoms with Crippen LogP contribution in [0, 0.1) is 13.8 Å². The fourth-order valence-electron chi connectivity index (χ4n) is 2.04. The summed E-state index contributed by atoms with van der Waals surface area (Å²) in [6.07, 6.45) is -5.54. The third kappa shape index (κ3) is 3.47. The highest BCUT2D eigenvalue weighted by atomic mass is 79.9. The first-order valence-corrected chi connectivity index (χ1v) is 7.11. The van der Waals surface area contributed by atoms with Crippen LogP contribution < -0.4 is 0 Å². The van der Waals surface area contributed by atoms with Gasteiger partial charge in [0.05, 0.1) is 5.56 Å². The Morgan fingerprint density at radius 1 is 1.00 bits per heavy atom. The van der Waals surface area contributed by atoms with E-state index in [9.17, 15) is 18.3 Å². The van der Waals surface area contributed by atoms with Gasteiger partial charge in [-0.1, -0.05) is 34.1 Å². The number of aryl methyl sites for hydroxylation is 2. The van der Waals surface area contributed by atoms with Gasteiger partial charge in [-0.3, -0.25) is 0 Å². The molecule has 1 unspecified atom stereocenters. The molecule has 1 nitrogen and oxygen atoms in total. The fourth-order valence-corrected chi connectivity index (χ4v) is 2.51. The molecule has 0 aliphatic carbocycles. The van der Waals surface area contributed by atoms with Crippen molar-refractivity contribution in [3.8, 4) is 0 Å². The summed E-state index contributed by atoms with van der Waals surface area (Å²) in [6.45, 7) is 3.83. The van der Waals surface area contributed by atoms with Crippen LogP contribution in [0.15, 0.2) is 40.9 Å². The molecule has 21 heavy (non-hydrogen) atoms. The fraction of sp³-hybridized carbons (Fsp3) is 0.250. The maximum absolute atomic E-state index is 12.8. The van der Waals surface area contributed by atoms with Crippen LogP contribution in [0.5, 0.6) is 0 Å². The van der Waals surface area contributed by atoms with Crippen molar-refractivity contribution < 1.29 is 18.3 Å². The van der Waals surface area contributed by atoms with E-state index in [0.717, 1.165) is 23.3 Å². The molecule has 0 spiro atoms. The normalized spacial score (nSPS) is 13.3. The highest BCUT2D eigenvalue weighted by Gasteiger charge is 2.31. The van der Waals surface area contributed by atoms with Crippen molar-refractivity contribution in [3.63, 3.8) is 0 Å². The molecule has 0 aliphatic rings. The molecule has 0 heterocycles. The zero-order chi connectivity index (χ0) is 15.8. The molecule has 1 N–H and O–H groups in total. The molecular formula is C16H14BrF3O. The summed E-state index contributed by atoms with van der Waals surface area (Å²) in [7, 11) is 0. The zero-order valence-corrected chi connectivity index (χ0v) is 13.1. The molecule has 1 atom stereocenters. The Morgan fingerprint density at radius 2 is 1.67 bits per heavy atom. The molecule has 2 rings (SSSR count). The van der Waals surface area contributed by atoms with Crippen LogP contribution >= 0.6 is 15.9 Å². The van der Waals surface area contributed by atoms with E-state index in [2.05, 4.69) is 15.9 Å². The van der Waals surface area contributed by atoms with Gasteiger partial charge in [-0.15, -0.1) is 0 Å². The number of alkyl halides is 3. The van der Waals surface area contributed by atoms with Crippen LogP contribution in [0.3, 0.4) is 0 Å². The Labute approximate surface area is 129 Å². The summed E-state index contributed by atoms with van der Waals surface area (Å²) >= 11 is 3.20. The van der Waals surface area contributed by atoms with Gasteiger partial charge in [0.1, 0.15) is 6.10 Å². The smallest absolute Gasteiger partial charge is 0.384 e. The van der Waals surface area contributed by atoms with Gasteiger partial charge in [0.15, 0.2) is 0 Å². The van der Waals surface area contributed by atoms with Crippen molar-refractivity contribution >= 4 is 15.9 Å². The number of rotatable bonds is 2. The van der Waals surface area contributed by atoms with E-state index in [1.807, 2.05) is 19.9 Å². The summed E-state index contributed by atoms with van der Waals surface area (Å²) in [6, 6.07) is 8.62. The lowest BCUT2D eigenvalue weighted by Gasteiger charge is -2.17. The first-order chi connectivity index (χ1) is 9.70. The van der Waals surface area contributed by atoms with Crippen molar-refractivity contribution in [2.24, 2.45) is 0 Å². The monoisotopic (exact) mass is 358 g/mol. The molecule has 0 aliphatic heterocycles. The molecule has 0 amide bonds. The Balaban J connectivity index is 2.47. The molecule has 0 aromatic heterocycles. The maximum atomic E-state index is 12.8. The number of hydrogen-bond acceptors (Lipinski definition) is 1. The second-order valence-corrected chi connectivity index (χ2v) is 5.83. The lowest BCUT2D eigenvalue weighted by atomic mass is 9.97. The van der Waals surface area contributed by atoms with Crippen molar-refractivity contribution in [1.82, 2.24) is 0 Å². The lowest BCUT2D eigenvalue weighted by Crippen LogP contribution is -2.08. The predicted molar refractivity (Wildman–Crippen MR) is 79.1 cm³/mol. The number of hydrogen-bond donors (Lipinski definition) is 1. The van der Waals surface area contributed by atoms with Gasteiger partial charge < -0.3 is 5.11 Å². The van der Waals surface area contributed by atoms with Crippen LogP contribution in [0.2, 0.25) is 0 Å². The Kier molecular flexibility index (Phi) is 4.44. The maximum Gasteiger partial charge on any atom is 0.416 e. The second-order valence-electron chi connectivity index (χ2n) is 4.98. The number of benzene rings is 2. The van der Waals surface area contributed by atoms with E-state index in [0.29, 0.717) is 10.0 Å². The number of aliphatic hydroxyl groups is 1. The largest absolute Gasteiger partial charge is 0.416 e. The summed E-state index contributed by atoms with van der Waals surface area (Å²) < 4.78 is 38.8. The van der Waals surface area contributed by atoms with Crippen LogP contribution in [-0.4, -0.2) is 5.11 Å². The van der Waals surface area contributed by atoms with Gasteiger partial charge in [0.2, 0.25) is 0 Å². The first-order valence-electron chi connectivity index (χ1n) is 6.32. The van der Waals surface area contributed by atoms with E-state index in [4.69, 9.17) is 0 Å². The number of halogens is 4. The average molecular weight is 359 g/mol. The van der Waals surface area contributed by atoms with Gasteiger partial charge in [0, 0.05) is 4.47 Å². The van der Waals surface area contributed by atoms with Crippen molar-refractivity contribution in [3.05, 3.63) is 68.7 Å². The van der Waals surface area contributed by atoms with Crippen LogP contribution in [0.4, 0.5) is 13.2 Å². The first kappa shape index (κ1) is 16.0. The van der Waals surface area contributed by atoms with Gasteiger partial charge in [-0.25, -0.2) is 0 Å². The molecule has 0 bridgehead atoms. The molecule has 0 saturated heterocycles. The molecule has 2 aromatic carbocycles. The Morgan fingerprint density at radius 3 is 2.24 bits per heavy atom. The van der Waals surface area contributed by atoms with E-state index >= 15 is 0 Å². The van der Waals surface area contributed by atoms with E-state index in [1.165, 1.54) is 6.07 Å². The highest BCUT2D eigenvalue weighted by molar-refractivity contribution is 9.10. The molecule has 0 radical (unpaired) electrons. The van der Waals surface area contributed by atoms with E-state index < -0.39 is 17.8 Å². The summed E-state index contributed by atoms with van der Waals surface area (Å²) in [5.74, 6) is 0. The SMILES string of the molecule is Cc1ccc(C(O)c2cc(C(F)(F)F)ccc2Br)cc1C. The van der Waals surface area contributed by atoms with Gasteiger partial charge in [-0.2, -0.15) is 13.2 Å². The summed E-state index contributed by atoms with van der Waals surface area (Å²) in [4.78, 5) is 0. The Hall–Kier alpha value is -1.33. The minimum Gasteiger partial charge on any atom is -0.384 e. The summed E-state index contributed by atoms with van der Waals surface area (Å²) in [5.41, 5.74) is 2.04. The van der Waals surface area contributed by atoms with Gasteiger partial charge in [-0.05, 0) is 54.3 Å². The molecule has 2 aromatic rings. The minimum absolute atomic E-state index is 0.202. The number of aliphatic hydroxyl groups excluding tert-OH is 1.